The molecule has 6 atom stereocenters. The van der Waals surface area contributed by atoms with Crippen molar-refractivity contribution in [3.05, 3.63) is 48.6 Å². The van der Waals surface area contributed by atoms with Gasteiger partial charge in [-0.05, 0) is 38.5 Å². The number of carbonyl (C=O) groups is 3. The highest BCUT2D eigenvalue weighted by Gasteiger charge is 2.29. The lowest BCUT2D eigenvalue weighted by Gasteiger charge is -2.22. The average Bonchev–Trinajstić information content (AvgIpc) is 3.27. The summed E-state index contributed by atoms with van der Waals surface area (Å²) >= 11 is 1.16. The second-order valence-electron chi connectivity index (χ2n) is 16.6. The maximum atomic E-state index is 13.0. The zero-order valence-electron chi connectivity index (χ0n) is 40.2. The van der Waals surface area contributed by atoms with Crippen LogP contribution in [-0.2, 0) is 46.6 Å². The van der Waals surface area contributed by atoms with Gasteiger partial charge in [-0.15, -0.1) is 11.8 Å². The van der Waals surface area contributed by atoms with Crippen molar-refractivity contribution in [2.45, 2.75) is 198 Å². The molecule has 0 fully saturated rings. The van der Waals surface area contributed by atoms with Crippen LogP contribution in [0, 0.1) is 0 Å². The molecule has 0 aliphatic rings. The van der Waals surface area contributed by atoms with Gasteiger partial charge in [0.1, 0.15) is 18.8 Å². The molecule has 0 amide bonds. The van der Waals surface area contributed by atoms with E-state index >= 15 is 0 Å². The number of ether oxygens (including phenoxy) is 2. The number of esters is 2. The predicted octanol–water partition coefficient (Wildman–Crippen LogP) is 9.55. The minimum Gasteiger partial charge on any atom is -0.481 e. The van der Waals surface area contributed by atoms with Crippen LogP contribution in [-0.4, -0.2) is 110 Å². The maximum absolute atomic E-state index is 13.0. The van der Waals surface area contributed by atoms with Gasteiger partial charge in [0.05, 0.1) is 25.9 Å². The number of hydrogen-bond donors (Lipinski definition) is 7. The summed E-state index contributed by atoms with van der Waals surface area (Å²) in [6.45, 7) is 1.18. The summed E-state index contributed by atoms with van der Waals surface area (Å²) in [6.07, 6.45) is 34.3. The number of aliphatic hydroxyl groups is 2. The van der Waals surface area contributed by atoms with E-state index in [2.05, 4.69) is 30.5 Å². The van der Waals surface area contributed by atoms with Gasteiger partial charge in [-0.2, -0.15) is 0 Å². The second-order valence-corrected chi connectivity index (χ2v) is 20.5. The van der Waals surface area contributed by atoms with Gasteiger partial charge in [0, 0.05) is 23.8 Å². The number of phosphoric acid groups is 2. The van der Waals surface area contributed by atoms with E-state index in [9.17, 15) is 38.6 Å². The SMILES string of the molecule is CCCCC/C=C\C\C=C/C=C/C=C/[C@@H](SC[C@H](N)C(=O)OC[C@H](COP(=O)(O)OC[C@@H](O)COP(=O)(O)O)OC(=O)CCCCCCCCCCCCCCCCC)[C@@H](O)CCCC(=O)O. The molecule has 0 bridgehead atoms. The zero-order valence-corrected chi connectivity index (χ0v) is 42.8. The molecule has 20 heteroatoms. The molecule has 0 aliphatic heterocycles. The molecule has 0 rings (SSSR count). The number of allylic oxidation sites excluding steroid dienone is 7. The van der Waals surface area contributed by atoms with Crippen LogP contribution in [0.25, 0.3) is 0 Å². The molecule has 0 saturated heterocycles. The van der Waals surface area contributed by atoms with Gasteiger partial charge in [0.2, 0.25) is 0 Å². The molecule has 0 aromatic rings. The first-order valence-corrected chi connectivity index (χ1v) is 28.3. The molecule has 0 aromatic heterocycles. The van der Waals surface area contributed by atoms with Crippen molar-refractivity contribution in [3.8, 4) is 0 Å². The lowest BCUT2D eigenvalue weighted by Crippen LogP contribution is -2.38. The number of phosphoric ester groups is 2. The lowest BCUT2D eigenvalue weighted by molar-refractivity contribution is -0.161. The number of carbonyl (C=O) groups excluding carboxylic acids is 2. The number of aliphatic carboxylic acids is 1. The van der Waals surface area contributed by atoms with E-state index in [4.69, 9.17) is 39.1 Å². The van der Waals surface area contributed by atoms with Gasteiger partial charge in [-0.3, -0.25) is 28.0 Å². The number of aliphatic hydroxyl groups excluding tert-OH is 2. The normalized spacial score (nSPS) is 15.6. The number of rotatable bonds is 46. The quantitative estimate of drug-likeness (QED) is 0.00982. The van der Waals surface area contributed by atoms with Gasteiger partial charge in [0.25, 0.3) is 0 Å². The largest absolute Gasteiger partial charge is 0.481 e. The molecule has 390 valence electrons. The van der Waals surface area contributed by atoms with Crippen molar-refractivity contribution >= 4 is 45.3 Å². The van der Waals surface area contributed by atoms with E-state index in [0.717, 1.165) is 50.3 Å². The number of thioether (sulfide) groups is 1. The molecule has 0 heterocycles. The summed E-state index contributed by atoms with van der Waals surface area (Å²) in [5, 5.41) is 29.2. The first-order chi connectivity index (χ1) is 32.0. The summed E-state index contributed by atoms with van der Waals surface area (Å²) in [5.74, 6) is -2.57. The summed E-state index contributed by atoms with van der Waals surface area (Å²) in [4.78, 5) is 64.7. The standard InChI is InChI=1S/C47H85NO16P2S/c1-3-5-7-9-11-13-15-17-18-19-21-23-25-27-29-34-46(53)64-41(38-63-66(58,59)62-36-40(49)35-61-65(55,56)57)37-60-47(54)42(48)39-67-44(43(50)31-30-33-45(51)52)32-28-26-24-22-20-16-14-12-10-8-6-4-2/h12,14,20,22,24,26,28,32,40-44,49-50H,3-11,13,15-19,21,23,25,27,29-31,33-39,48H2,1-2H3,(H,51,52)(H,58,59)(H2,55,56,57)/b14-12-,22-20-,26-24+,32-28+/t40-,41+,42-,43-,44+/m0/s1. The Labute approximate surface area is 404 Å². The molecule has 0 aromatic carbocycles. The zero-order chi connectivity index (χ0) is 50.0. The smallest absolute Gasteiger partial charge is 0.472 e. The third kappa shape index (κ3) is 43.6. The van der Waals surface area contributed by atoms with Crippen LogP contribution in [0.5, 0.6) is 0 Å². The molecule has 0 aliphatic carbocycles. The fraction of sp³-hybridized carbons (Fsp3) is 0.766. The maximum Gasteiger partial charge on any atom is 0.472 e. The van der Waals surface area contributed by atoms with E-state index in [1.54, 1.807) is 18.2 Å². The molecular weight excluding hydrogens is 929 g/mol. The monoisotopic (exact) mass is 1010 g/mol. The van der Waals surface area contributed by atoms with Crippen LogP contribution in [0.15, 0.2) is 48.6 Å². The van der Waals surface area contributed by atoms with Crippen molar-refractivity contribution in [2.24, 2.45) is 5.73 Å². The molecule has 0 saturated carbocycles. The Balaban J connectivity index is 5.31. The minimum atomic E-state index is -4.94. The molecule has 67 heavy (non-hydrogen) atoms. The van der Waals surface area contributed by atoms with Crippen LogP contribution in [0.2, 0.25) is 0 Å². The second kappa shape index (κ2) is 42.7. The molecule has 17 nitrogen and oxygen atoms in total. The number of nitrogens with two attached hydrogens (primary N) is 1. The minimum absolute atomic E-state index is 0.0219. The Hall–Kier alpha value is -2.18. The first kappa shape index (κ1) is 64.8. The van der Waals surface area contributed by atoms with Gasteiger partial charge < -0.3 is 45.2 Å². The summed E-state index contributed by atoms with van der Waals surface area (Å²) in [7, 11) is -9.87. The topological polar surface area (TPSA) is 279 Å². The van der Waals surface area contributed by atoms with E-state index in [0.29, 0.717) is 6.42 Å². The van der Waals surface area contributed by atoms with Crippen molar-refractivity contribution in [1.82, 2.24) is 0 Å². The molecule has 0 radical (unpaired) electrons. The fourth-order valence-corrected chi connectivity index (χ4v) is 8.66. The van der Waals surface area contributed by atoms with Crippen LogP contribution in [0.3, 0.4) is 0 Å². The van der Waals surface area contributed by atoms with E-state index < -0.39 is 89.6 Å². The highest BCUT2D eigenvalue weighted by atomic mass is 32.2. The summed E-state index contributed by atoms with van der Waals surface area (Å²) in [5.41, 5.74) is 6.16. The Kier molecular flexibility index (Phi) is 41.3. The number of unbranched alkanes of at least 4 members (excludes halogenated alkanes) is 17. The van der Waals surface area contributed by atoms with Gasteiger partial charge >= 0.3 is 33.6 Å². The van der Waals surface area contributed by atoms with E-state index in [-0.39, 0.29) is 31.4 Å². The highest BCUT2D eigenvalue weighted by Crippen LogP contribution is 2.44. The Morgan fingerprint density at radius 2 is 1.19 bits per heavy atom. The van der Waals surface area contributed by atoms with Crippen LogP contribution in [0.4, 0.5) is 0 Å². The number of carboxylic acids is 1. The Morgan fingerprint density at radius 1 is 0.642 bits per heavy atom. The highest BCUT2D eigenvalue weighted by molar-refractivity contribution is 8.00. The predicted molar refractivity (Wildman–Crippen MR) is 263 cm³/mol. The third-order valence-electron chi connectivity index (χ3n) is 10.2. The van der Waals surface area contributed by atoms with Crippen molar-refractivity contribution in [3.63, 3.8) is 0 Å². The molecule has 8 N–H and O–H groups in total. The van der Waals surface area contributed by atoms with Gasteiger partial charge in [0.15, 0.2) is 6.10 Å². The van der Waals surface area contributed by atoms with Crippen molar-refractivity contribution in [1.29, 1.82) is 0 Å². The van der Waals surface area contributed by atoms with Gasteiger partial charge in [-0.1, -0.05) is 165 Å². The van der Waals surface area contributed by atoms with Gasteiger partial charge in [-0.25, -0.2) is 9.13 Å². The van der Waals surface area contributed by atoms with Crippen LogP contribution in [0.1, 0.15) is 168 Å². The molecule has 1 unspecified atom stereocenters. The van der Waals surface area contributed by atoms with E-state index in [1.165, 1.54) is 83.5 Å². The van der Waals surface area contributed by atoms with E-state index in [1.807, 2.05) is 18.2 Å². The number of carboxylic acid groups (broad SMARTS) is 1. The Morgan fingerprint density at radius 3 is 1.79 bits per heavy atom. The summed E-state index contributed by atoms with van der Waals surface area (Å²) < 4.78 is 48.0. The number of hydrogen-bond acceptors (Lipinski definition) is 14. The van der Waals surface area contributed by atoms with Crippen molar-refractivity contribution in [2.75, 3.05) is 32.2 Å². The van der Waals surface area contributed by atoms with Crippen LogP contribution < -0.4 is 5.73 Å². The summed E-state index contributed by atoms with van der Waals surface area (Å²) in [6, 6.07) is -1.22. The van der Waals surface area contributed by atoms with Crippen molar-refractivity contribution < 1.29 is 76.6 Å². The molecule has 0 spiro atoms. The fourth-order valence-electron chi connectivity index (χ4n) is 6.38. The third-order valence-corrected chi connectivity index (χ3v) is 13.1. The Bertz CT molecular complexity index is 1490. The molecular formula is C47H85NO16P2S. The lowest BCUT2D eigenvalue weighted by atomic mass is 10.0. The first-order valence-electron chi connectivity index (χ1n) is 24.3. The average molecular weight is 1010 g/mol. The van der Waals surface area contributed by atoms with Crippen LogP contribution >= 0.6 is 27.4 Å².